The second-order valence-electron chi connectivity index (χ2n) is 7.86. The predicted octanol–water partition coefficient (Wildman–Crippen LogP) is 5.78. The van der Waals surface area contributed by atoms with Crippen LogP contribution < -0.4 is 10.6 Å². The van der Waals surface area contributed by atoms with Crippen molar-refractivity contribution in [1.82, 2.24) is 14.9 Å². The Morgan fingerprint density at radius 2 is 1.76 bits per heavy atom. The van der Waals surface area contributed by atoms with Crippen LogP contribution in [0.1, 0.15) is 34.6 Å². The third-order valence-corrected chi connectivity index (χ3v) is 6.09. The number of benzene rings is 3. The van der Waals surface area contributed by atoms with E-state index >= 15 is 0 Å². The van der Waals surface area contributed by atoms with Gasteiger partial charge in [0.15, 0.2) is 5.82 Å². The van der Waals surface area contributed by atoms with Gasteiger partial charge in [-0.25, -0.2) is 4.98 Å². The van der Waals surface area contributed by atoms with Gasteiger partial charge in [-0.3, -0.25) is 9.59 Å². The molecule has 0 radical (unpaired) electrons. The summed E-state index contributed by atoms with van der Waals surface area (Å²) in [4.78, 5) is 29.8. The number of carbonyl (C=O) groups excluding carboxylic acids is 2. The minimum Gasteiger partial charge on any atom is -0.345 e. The number of fused-ring (bicyclic) bond motifs is 1. The zero-order chi connectivity index (χ0) is 23.9. The standard InChI is InChI=1S/C26H24BrClN4O2/c27-13-5-10-24(33)30-21-9-4-8-19(14-21)16-29-26(34)25-31-22-12-11-20(28)15-23(22)32(25)17-18-6-2-1-3-7-18/h1-4,6-9,11-12,14-15H,5,10,13,16-17H2,(H,29,34)(H,30,33). The minimum atomic E-state index is -0.282. The number of nitrogens with zero attached hydrogens (tertiary/aromatic N) is 2. The molecule has 3 aromatic carbocycles. The maximum absolute atomic E-state index is 13.2. The van der Waals surface area contributed by atoms with E-state index in [4.69, 9.17) is 11.6 Å². The van der Waals surface area contributed by atoms with Crippen LogP contribution in [0.2, 0.25) is 5.02 Å². The van der Waals surface area contributed by atoms with Gasteiger partial charge in [0.2, 0.25) is 5.91 Å². The first-order valence-electron chi connectivity index (χ1n) is 11.0. The number of hydrogen-bond donors (Lipinski definition) is 2. The Labute approximate surface area is 211 Å². The first kappa shape index (κ1) is 24.0. The van der Waals surface area contributed by atoms with E-state index in [9.17, 15) is 9.59 Å². The summed E-state index contributed by atoms with van der Waals surface area (Å²) in [7, 11) is 0. The summed E-state index contributed by atoms with van der Waals surface area (Å²) in [6.07, 6.45) is 1.23. The number of aromatic nitrogens is 2. The second kappa shape index (κ2) is 11.3. The third-order valence-electron chi connectivity index (χ3n) is 5.30. The molecule has 6 nitrogen and oxygen atoms in total. The van der Waals surface area contributed by atoms with Crippen molar-refractivity contribution >= 4 is 56.1 Å². The number of nitrogens with one attached hydrogen (secondary N) is 2. The smallest absolute Gasteiger partial charge is 0.287 e. The summed E-state index contributed by atoms with van der Waals surface area (Å²) in [6, 6.07) is 22.8. The highest BCUT2D eigenvalue weighted by atomic mass is 79.9. The van der Waals surface area contributed by atoms with Gasteiger partial charge < -0.3 is 15.2 Å². The molecular weight excluding hydrogens is 516 g/mol. The Morgan fingerprint density at radius 3 is 2.56 bits per heavy atom. The Kier molecular flexibility index (Phi) is 7.98. The zero-order valence-corrected chi connectivity index (χ0v) is 20.8. The highest BCUT2D eigenvalue weighted by molar-refractivity contribution is 9.09. The fourth-order valence-electron chi connectivity index (χ4n) is 3.67. The van der Waals surface area contributed by atoms with E-state index in [1.165, 1.54) is 0 Å². The van der Waals surface area contributed by atoms with Crippen LogP contribution in [0, 0.1) is 0 Å². The molecule has 0 saturated heterocycles. The molecule has 0 aliphatic heterocycles. The molecule has 2 N–H and O–H groups in total. The number of halogens is 2. The van der Waals surface area contributed by atoms with Gasteiger partial charge >= 0.3 is 0 Å². The minimum absolute atomic E-state index is 0.0334. The Balaban J connectivity index is 1.52. The third kappa shape index (κ3) is 6.04. The fraction of sp³-hybridized carbons (Fsp3) is 0.192. The molecule has 0 aliphatic rings. The zero-order valence-electron chi connectivity index (χ0n) is 18.4. The lowest BCUT2D eigenvalue weighted by Gasteiger charge is -2.11. The molecule has 1 heterocycles. The summed E-state index contributed by atoms with van der Waals surface area (Å²) in [5, 5.41) is 7.22. The SMILES string of the molecule is O=C(CCCBr)Nc1cccc(CNC(=O)c2nc3ccc(Cl)cc3n2Cc2ccccc2)c1. The van der Waals surface area contributed by atoms with Crippen LogP contribution in [0.25, 0.3) is 11.0 Å². The van der Waals surface area contributed by atoms with Gasteiger partial charge in [-0.05, 0) is 47.9 Å². The van der Waals surface area contributed by atoms with Crippen LogP contribution in [-0.2, 0) is 17.9 Å². The number of anilines is 1. The normalized spacial score (nSPS) is 10.9. The Hall–Kier alpha value is -3.16. The Bertz CT molecular complexity index is 1310. The second-order valence-corrected chi connectivity index (χ2v) is 9.09. The van der Waals surface area contributed by atoms with Crippen molar-refractivity contribution in [3.05, 3.63) is 94.8 Å². The van der Waals surface area contributed by atoms with Crippen molar-refractivity contribution in [2.45, 2.75) is 25.9 Å². The van der Waals surface area contributed by atoms with Crippen molar-refractivity contribution < 1.29 is 9.59 Å². The van der Waals surface area contributed by atoms with E-state index in [0.29, 0.717) is 41.6 Å². The lowest BCUT2D eigenvalue weighted by Crippen LogP contribution is -2.26. The molecule has 4 rings (SSSR count). The molecule has 174 valence electrons. The van der Waals surface area contributed by atoms with E-state index in [1.807, 2.05) is 71.3 Å². The quantitative estimate of drug-likeness (QED) is 0.265. The van der Waals surface area contributed by atoms with Gasteiger partial charge in [-0.15, -0.1) is 0 Å². The monoisotopic (exact) mass is 538 g/mol. The van der Waals surface area contributed by atoms with Gasteiger partial charge in [0, 0.05) is 35.6 Å². The topological polar surface area (TPSA) is 76.0 Å². The summed E-state index contributed by atoms with van der Waals surface area (Å²) < 4.78 is 1.88. The number of imidazole rings is 1. The molecule has 2 amide bonds. The highest BCUT2D eigenvalue weighted by Gasteiger charge is 2.18. The van der Waals surface area contributed by atoms with Crippen LogP contribution in [-0.4, -0.2) is 26.7 Å². The largest absolute Gasteiger partial charge is 0.345 e. The molecule has 0 spiro atoms. The molecule has 0 atom stereocenters. The van der Waals surface area contributed by atoms with Gasteiger partial charge in [0.1, 0.15) is 0 Å². The molecule has 0 bridgehead atoms. The molecule has 1 aromatic heterocycles. The number of rotatable bonds is 9. The van der Waals surface area contributed by atoms with Crippen molar-refractivity contribution in [3.63, 3.8) is 0 Å². The first-order valence-corrected chi connectivity index (χ1v) is 12.5. The lowest BCUT2D eigenvalue weighted by atomic mass is 10.2. The van der Waals surface area contributed by atoms with E-state index in [-0.39, 0.29) is 11.8 Å². The van der Waals surface area contributed by atoms with Crippen LogP contribution >= 0.6 is 27.5 Å². The number of carbonyl (C=O) groups is 2. The van der Waals surface area contributed by atoms with Crippen molar-refractivity contribution in [1.29, 1.82) is 0 Å². The molecule has 0 aliphatic carbocycles. The maximum atomic E-state index is 13.2. The van der Waals surface area contributed by atoms with Crippen molar-refractivity contribution in [3.8, 4) is 0 Å². The van der Waals surface area contributed by atoms with Crippen LogP contribution in [0.4, 0.5) is 5.69 Å². The summed E-state index contributed by atoms with van der Waals surface area (Å²) in [5.74, 6) is 0.00397. The van der Waals surface area contributed by atoms with Crippen molar-refractivity contribution in [2.75, 3.05) is 10.6 Å². The molecule has 0 unspecified atom stereocenters. The predicted molar refractivity (Wildman–Crippen MR) is 140 cm³/mol. The highest BCUT2D eigenvalue weighted by Crippen LogP contribution is 2.22. The average Bonchev–Trinajstić information content (AvgIpc) is 3.19. The van der Waals surface area contributed by atoms with E-state index in [0.717, 1.165) is 28.4 Å². The molecule has 34 heavy (non-hydrogen) atoms. The van der Waals surface area contributed by atoms with E-state index < -0.39 is 0 Å². The summed E-state index contributed by atoms with van der Waals surface area (Å²) in [5.41, 5.74) is 4.14. The maximum Gasteiger partial charge on any atom is 0.287 e. The molecule has 4 aromatic rings. The van der Waals surface area contributed by atoms with E-state index in [2.05, 4.69) is 31.5 Å². The molecule has 0 saturated carbocycles. The number of amides is 2. The summed E-state index contributed by atoms with van der Waals surface area (Å²) >= 11 is 9.56. The van der Waals surface area contributed by atoms with Crippen molar-refractivity contribution in [2.24, 2.45) is 0 Å². The molecule has 8 heteroatoms. The van der Waals surface area contributed by atoms with Crippen LogP contribution in [0.3, 0.4) is 0 Å². The number of alkyl halides is 1. The van der Waals surface area contributed by atoms with Crippen LogP contribution in [0.15, 0.2) is 72.8 Å². The van der Waals surface area contributed by atoms with Gasteiger partial charge in [-0.2, -0.15) is 0 Å². The fourth-order valence-corrected chi connectivity index (χ4v) is 4.11. The molecular formula is C26H24BrClN4O2. The average molecular weight is 540 g/mol. The van der Waals surface area contributed by atoms with Gasteiger partial charge in [-0.1, -0.05) is 70.0 Å². The van der Waals surface area contributed by atoms with Gasteiger partial charge in [0.25, 0.3) is 5.91 Å². The Morgan fingerprint density at radius 1 is 0.971 bits per heavy atom. The number of hydrogen-bond acceptors (Lipinski definition) is 3. The van der Waals surface area contributed by atoms with E-state index in [1.54, 1.807) is 6.07 Å². The van der Waals surface area contributed by atoms with Gasteiger partial charge in [0.05, 0.1) is 11.0 Å². The van der Waals surface area contributed by atoms with Crippen LogP contribution in [0.5, 0.6) is 0 Å². The summed E-state index contributed by atoms with van der Waals surface area (Å²) in [6.45, 7) is 0.801. The molecule has 0 fully saturated rings. The lowest BCUT2D eigenvalue weighted by molar-refractivity contribution is -0.116. The first-order chi connectivity index (χ1) is 16.5.